The van der Waals surface area contributed by atoms with Gasteiger partial charge in [-0.2, -0.15) is 8.42 Å². The lowest BCUT2D eigenvalue weighted by Gasteiger charge is -2.65. The summed E-state index contributed by atoms with van der Waals surface area (Å²) >= 11 is 0. The molecule has 4 aliphatic carbocycles. The summed E-state index contributed by atoms with van der Waals surface area (Å²) in [5.74, 6) is 0.765. The minimum atomic E-state index is -3.80. The van der Waals surface area contributed by atoms with E-state index in [4.69, 9.17) is 4.55 Å². The Hall–Kier alpha value is -0.130. The summed E-state index contributed by atoms with van der Waals surface area (Å²) in [6, 6.07) is 0. The topological polar surface area (TPSA) is 66.4 Å². The normalized spacial score (nSPS) is 45.2. The van der Waals surface area contributed by atoms with Gasteiger partial charge in [0.1, 0.15) is 0 Å². The van der Waals surface area contributed by atoms with Crippen LogP contribution < -0.4 is 5.32 Å². The fourth-order valence-electron chi connectivity index (χ4n) is 6.41. The number of rotatable bonds is 6. The van der Waals surface area contributed by atoms with Gasteiger partial charge in [0.15, 0.2) is 0 Å². The highest BCUT2D eigenvalue weighted by Crippen LogP contribution is 2.66. The first-order valence-electron chi connectivity index (χ1n) is 8.31. The van der Waals surface area contributed by atoms with Crippen molar-refractivity contribution in [2.45, 2.75) is 70.8 Å². The SMILES string of the molecule is CC12CC3CC(C)(C1)CC(NCCCCS(=O)(=O)O)(C3)C2. The molecule has 0 aromatic heterocycles. The third-order valence-electron chi connectivity index (χ3n) is 5.96. The predicted molar refractivity (Wildman–Crippen MR) is 83.8 cm³/mol. The third kappa shape index (κ3) is 3.45. The van der Waals surface area contributed by atoms with E-state index in [1.165, 1.54) is 38.5 Å². The first-order valence-corrected chi connectivity index (χ1v) is 9.92. The van der Waals surface area contributed by atoms with Crippen LogP contribution >= 0.6 is 0 Å². The lowest BCUT2D eigenvalue weighted by molar-refractivity contribution is -0.117. The molecule has 0 radical (unpaired) electrons. The van der Waals surface area contributed by atoms with Crippen LogP contribution in [0.4, 0.5) is 0 Å². The molecule has 2 N–H and O–H groups in total. The highest BCUT2D eigenvalue weighted by molar-refractivity contribution is 7.85. The van der Waals surface area contributed by atoms with Gasteiger partial charge in [-0.3, -0.25) is 4.55 Å². The van der Waals surface area contributed by atoms with E-state index < -0.39 is 10.1 Å². The Morgan fingerprint density at radius 2 is 1.67 bits per heavy atom. The Morgan fingerprint density at radius 3 is 2.19 bits per heavy atom. The second-order valence-electron chi connectivity index (χ2n) is 8.83. The third-order valence-corrected chi connectivity index (χ3v) is 6.76. The molecule has 4 nitrogen and oxygen atoms in total. The molecule has 4 aliphatic rings. The molecule has 0 aromatic carbocycles. The van der Waals surface area contributed by atoms with E-state index in [1.54, 1.807) is 0 Å². The zero-order chi connectivity index (χ0) is 15.4. The minimum absolute atomic E-state index is 0.111. The van der Waals surface area contributed by atoms with Gasteiger partial charge in [-0.15, -0.1) is 0 Å². The first kappa shape index (κ1) is 15.8. The maximum atomic E-state index is 10.7. The highest BCUT2D eigenvalue weighted by Gasteiger charge is 2.59. The molecule has 0 aromatic rings. The second kappa shape index (κ2) is 4.93. The average molecular weight is 315 g/mol. The smallest absolute Gasteiger partial charge is 0.264 e. The molecular weight excluding hydrogens is 286 g/mol. The lowest BCUT2D eigenvalue weighted by Crippen LogP contribution is -2.64. The molecule has 5 heteroatoms. The van der Waals surface area contributed by atoms with Crippen molar-refractivity contribution in [3.05, 3.63) is 0 Å². The van der Waals surface area contributed by atoms with Crippen molar-refractivity contribution in [1.29, 1.82) is 0 Å². The molecular formula is C16H29NO3S. The number of nitrogens with one attached hydrogen (secondary N) is 1. The lowest BCUT2D eigenvalue weighted by atomic mass is 9.43. The van der Waals surface area contributed by atoms with Crippen LogP contribution in [0.5, 0.6) is 0 Å². The largest absolute Gasteiger partial charge is 0.311 e. The molecule has 0 heterocycles. The van der Waals surface area contributed by atoms with Gasteiger partial charge in [-0.05, 0) is 74.7 Å². The molecule has 4 saturated carbocycles. The van der Waals surface area contributed by atoms with E-state index in [-0.39, 0.29) is 5.75 Å². The first-order chi connectivity index (χ1) is 9.61. The molecule has 2 atom stereocenters. The Morgan fingerprint density at radius 1 is 1.05 bits per heavy atom. The summed E-state index contributed by atoms with van der Waals surface area (Å²) in [4.78, 5) is 0. The summed E-state index contributed by atoms with van der Waals surface area (Å²) in [7, 11) is -3.80. The van der Waals surface area contributed by atoms with Crippen LogP contribution in [-0.4, -0.2) is 30.8 Å². The standard InChI is InChI=1S/C16H29NO3S/c1-14-7-13-8-15(2,10-14)12-16(9-13,11-14)17-5-3-4-6-21(18,19)20/h13,17H,3-12H2,1-2H3,(H,18,19,20). The van der Waals surface area contributed by atoms with Crippen LogP contribution in [-0.2, 0) is 10.1 Å². The van der Waals surface area contributed by atoms with E-state index in [0.29, 0.717) is 22.8 Å². The van der Waals surface area contributed by atoms with Crippen molar-refractivity contribution in [3.63, 3.8) is 0 Å². The molecule has 0 saturated heterocycles. The second-order valence-corrected chi connectivity index (χ2v) is 10.4. The zero-order valence-electron chi connectivity index (χ0n) is 13.3. The van der Waals surface area contributed by atoms with Crippen molar-refractivity contribution in [2.75, 3.05) is 12.3 Å². The molecule has 21 heavy (non-hydrogen) atoms. The van der Waals surface area contributed by atoms with E-state index >= 15 is 0 Å². The van der Waals surface area contributed by atoms with Crippen LogP contribution in [0.1, 0.15) is 65.2 Å². The maximum absolute atomic E-state index is 10.7. The van der Waals surface area contributed by atoms with Crippen LogP contribution in [0, 0.1) is 16.7 Å². The molecule has 2 unspecified atom stereocenters. The summed E-state index contributed by atoms with van der Waals surface area (Å²) in [5, 5.41) is 3.79. The molecule has 4 bridgehead atoms. The fourth-order valence-corrected chi connectivity index (χ4v) is 6.98. The zero-order valence-corrected chi connectivity index (χ0v) is 14.1. The van der Waals surface area contributed by atoms with Gasteiger partial charge in [-0.1, -0.05) is 13.8 Å². The van der Waals surface area contributed by atoms with Crippen LogP contribution in [0.25, 0.3) is 0 Å². The summed E-state index contributed by atoms with van der Waals surface area (Å²) < 4.78 is 30.2. The Kier molecular flexibility index (Phi) is 3.70. The monoisotopic (exact) mass is 315 g/mol. The Bertz CT molecular complexity index is 498. The van der Waals surface area contributed by atoms with Crippen molar-refractivity contribution in [1.82, 2.24) is 5.32 Å². The number of unbranched alkanes of at least 4 members (excludes halogenated alkanes) is 1. The molecule has 122 valence electrons. The Balaban J connectivity index is 1.56. The van der Waals surface area contributed by atoms with Crippen LogP contribution in [0.3, 0.4) is 0 Å². The van der Waals surface area contributed by atoms with Gasteiger partial charge >= 0.3 is 0 Å². The molecule has 4 fully saturated rings. The minimum Gasteiger partial charge on any atom is -0.311 e. The maximum Gasteiger partial charge on any atom is 0.264 e. The summed E-state index contributed by atoms with van der Waals surface area (Å²) in [6.07, 6.45) is 9.40. The highest BCUT2D eigenvalue weighted by atomic mass is 32.2. The van der Waals surface area contributed by atoms with Crippen molar-refractivity contribution >= 4 is 10.1 Å². The molecule has 0 spiro atoms. The van der Waals surface area contributed by atoms with Gasteiger partial charge in [-0.25, -0.2) is 0 Å². The fraction of sp³-hybridized carbons (Fsp3) is 1.00. The van der Waals surface area contributed by atoms with Gasteiger partial charge < -0.3 is 5.32 Å². The van der Waals surface area contributed by atoms with Gasteiger partial charge in [0.2, 0.25) is 0 Å². The van der Waals surface area contributed by atoms with Crippen LogP contribution in [0.2, 0.25) is 0 Å². The molecule has 0 aliphatic heterocycles. The van der Waals surface area contributed by atoms with Gasteiger partial charge in [0.25, 0.3) is 10.1 Å². The summed E-state index contributed by atoms with van der Waals surface area (Å²) in [6.45, 7) is 5.80. The van der Waals surface area contributed by atoms with Gasteiger partial charge in [0, 0.05) is 5.54 Å². The van der Waals surface area contributed by atoms with Crippen molar-refractivity contribution in [3.8, 4) is 0 Å². The van der Waals surface area contributed by atoms with Crippen LogP contribution in [0.15, 0.2) is 0 Å². The van der Waals surface area contributed by atoms with E-state index in [1.807, 2.05) is 0 Å². The quantitative estimate of drug-likeness (QED) is 0.584. The molecule has 0 amide bonds. The number of hydrogen-bond acceptors (Lipinski definition) is 3. The van der Waals surface area contributed by atoms with Crippen molar-refractivity contribution in [2.24, 2.45) is 16.7 Å². The predicted octanol–water partition coefficient (Wildman–Crippen LogP) is 2.99. The van der Waals surface area contributed by atoms with E-state index in [0.717, 1.165) is 18.9 Å². The summed E-state index contributed by atoms with van der Waals surface area (Å²) in [5.41, 5.74) is 1.31. The van der Waals surface area contributed by atoms with Gasteiger partial charge in [0.05, 0.1) is 5.75 Å². The Labute approximate surface area is 128 Å². The average Bonchev–Trinajstić information content (AvgIpc) is 2.21. The van der Waals surface area contributed by atoms with E-state index in [9.17, 15) is 8.42 Å². The molecule has 4 rings (SSSR count). The van der Waals surface area contributed by atoms with E-state index in [2.05, 4.69) is 19.2 Å². The van der Waals surface area contributed by atoms with Crippen molar-refractivity contribution < 1.29 is 13.0 Å². The number of hydrogen-bond donors (Lipinski definition) is 2.